The van der Waals surface area contributed by atoms with Crippen molar-refractivity contribution in [1.82, 2.24) is 5.32 Å². The zero-order valence-corrected chi connectivity index (χ0v) is 11.8. The number of nitrogens with one attached hydrogen (secondary N) is 1. The number of aliphatic hydroxyl groups is 1. The van der Waals surface area contributed by atoms with E-state index in [1.807, 2.05) is 0 Å². The number of rotatable bonds is 6. The lowest BCUT2D eigenvalue weighted by Crippen LogP contribution is -2.43. The van der Waals surface area contributed by atoms with Gasteiger partial charge in [0.2, 0.25) is 0 Å². The minimum Gasteiger partial charge on any atom is -0.489 e. The van der Waals surface area contributed by atoms with Crippen LogP contribution in [-0.2, 0) is 0 Å². The maximum atomic E-state index is 10.1. The molecule has 3 nitrogen and oxygen atoms in total. The molecule has 2 N–H and O–H groups in total. The van der Waals surface area contributed by atoms with E-state index in [4.69, 9.17) is 27.9 Å². The predicted molar refractivity (Wildman–Crippen MR) is 73.6 cm³/mol. The Morgan fingerprint density at radius 2 is 2.17 bits per heavy atom. The normalized spacial score (nSPS) is 18.4. The van der Waals surface area contributed by atoms with Gasteiger partial charge < -0.3 is 15.2 Å². The SMILES string of the molecule is CC(O)(CNC1CC1)COc1cc(Cl)ccc1Cl. The molecule has 18 heavy (non-hydrogen) atoms. The van der Waals surface area contributed by atoms with Crippen LogP contribution in [0.2, 0.25) is 10.0 Å². The molecule has 0 spiro atoms. The fourth-order valence-corrected chi connectivity index (χ4v) is 1.86. The minimum atomic E-state index is -0.922. The van der Waals surface area contributed by atoms with Gasteiger partial charge in [0.05, 0.1) is 5.02 Å². The van der Waals surface area contributed by atoms with Gasteiger partial charge in [-0.25, -0.2) is 0 Å². The number of ether oxygens (including phenoxy) is 1. The first-order valence-corrected chi connectivity index (χ1v) is 6.75. The van der Waals surface area contributed by atoms with E-state index in [0.29, 0.717) is 28.4 Å². The Bertz CT molecular complexity index is 419. The number of benzene rings is 1. The predicted octanol–water partition coefficient (Wildman–Crippen LogP) is 2.88. The first-order chi connectivity index (χ1) is 8.46. The van der Waals surface area contributed by atoms with Crippen LogP contribution in [0.4, 0.5) is 0 Å². The van der Waals surface area contributed by atoms with Gasteiger partial charge in [-0.1, -0.05) is 23.2 Å². The van der Waals surface area contributed by atoms with E-state index in [1.54, 1.807) is 25.1 Å². The molecule has 0 bridgehead atoms. The summed E-state index contributed by atoms with van der Waals surface area (Å²) in [6, 6.07) is 5.58. The van der Waals surface area contributed by atoms with Gasteiger partial charge in [-0.2, -0.15) is 0 Å². The average Bonchev–Trinajstić information content (AvgIpc) is 3.12. The molecule has 100 valence electrons. The second-order valence-electron chi connectivity index (χ2n) is 5.02. The molecule has 5 heteroatoms. The minimum absolute atomic E-state index is 0.173. The van der Waals surface area contributed by atoms with Crippen LogP contribution < -0.4 is 10.1 Å². The summed E-state index contributed by atoms with van der Waals surface area (Å²) in [4.78, 5) is 0. The third-order valence-corrected chi connectivity index (χ3v) is 3.33. The number of hydrogen-bond donors (Lipinski definition) is 2. The molecule has 2 rings (SSSR count). The first kappa shape index (κ1) is 13.9. The van der Waals surface area contributed by atoms with Crippen molar-refractivity contribution in [2.24, 2.45) is 0 Å². The molecule has 1 fully saturated rings. The summed E-state index contributed by atoms with van der Waals surface area (Å²) in [7, 11) is 0. The molecule has 1 aromatic rings. The Labute approximate surface area is 117 Å². The lowest BCUT2D eigenvalue weighted by atomic mass is 10.1. The zero-order chi connectivity index (χ0) is 13.2. The molecule has 0 radical (unpaired) electrons. The van der Waals surface area contributed by atoms with E-state index in [0.717, 1.165) is 0 Å². The summed E-state index contributed by atoms with van der Waals surface area (Å²) in [6.07, 6.45) is 2.38. The van der Waals surface area contributed by atoms with Gasteiger partial charge >= 0.3 is 0 Å². The molecule has 0 heterocycles. The Morgan fingerprint density at radius 1 is 1.44 bits per heavy atom. The molecule has 1 unspecified atom stereocenters. The Hall–Kier alpha value is -0.480. The van der Waals surface area contributed by atoms with Crippen molar-refractivity contribution in [3.63, 3.8) is 0 Å². The van der Waals surface area contributed by atoms with E-state index in [-0.39, 0.29) is 6.61 Å². The quantitative estimate of drug-likeness (QED) is 0.846. The number of hydrogen-bond acceptors (Lipinski definition) is 3. The fourth-order valence-electron chi connectivity index (χ4n) is 1.52. The topological polar surface area (TPSA) is 41.5 Å². The summed E-state index contributed by atoms with van der Waals surface area (Å²) in [5.74, 6) is 0.496. The lowest BCUT2D eigenvalue weighted by molar-refractivity contribution is 0.0120. The maximum Gasteiger partial charge on any atom is 0.139 e. The second-order valence-corrected chi connectivity index (χ2v) is 5.86. The molecule has 1 aliphatic carbocycles. The summed E-state index contributed by atoms with van der Waals surface area (Å²) in [5, 5.41) is 14.5. The van der Waals surface area contributed by atoms with E-state index in [2.05, 4.69) is 5.32 Å². The highest BCUT2D eigenvalue weighted by Crippen LogP contribution is 2.28. The van der Waals surface area contributed by atoms with Crippen molar-refractivity contribution in [2.75, 3.05) is 13.2 Å². The van der Waals surface area contributed by atoms with Crippen LogP contribution in [0.25, 0.3) is 0 Å². The van der Waals surface area contributed by atoms with Crippen LogP contribution in [0.3, 0.4) is 0 Å². The average molecular weight is 290 g/mol. The number of halogens is 2. The van der Waals surface area contributed by atoms with Gasteiger partial charge in [0.25, 0.3) is 0 Å². The molecule has 0 aliphatic heterocycles. The Balaban J connectivity index is 1.86. The van der Waals surface area contributed by atoms with Crippen LogP contribution in [0, 0.1) is 0 Å². The molecule has 0 saturated heterocycles. The van der Waals surface area contributed by atoms with E-state index >= 15 is 0 Å². The van der Waals surface area contributed by atoms with Crippen LogP contribution >= 0.6 is 23.2 Å². The molecule has 1 saturated carbocycles. The smallest absolute Gasteiger partial charge is 0.139 e. The van der Waals surface area contributed by atoms with E-state index in [1.165, 1.54) is 12.8 Å². The monoisotopic (exact) mass is 289 g/mol. The van der Waals surface area contributed by atoms with Crippen LogP contribution in [-0.4, -0.2) is 29.9 Å². The Morgan fingerprint density at radius 3 is 2.83 bits per heavy atom. The lowest BCUT2D eigenvalue weighted by Gasteiger charge is -2.24. The summed E-state index contributed by atoms with van der Waals surface area (Å²) < 4.78 is 5.53. The van der Waals surface area contributed by atoms with Gasteiger partial charge in [-0.15, -0.1) is 0 Å². The summed E-state index contributed by atoms with van der Waals surface area (Å²) in [6.45, 7) is 2.42. The van der Waals surface area contributed by atoms with Crippen molar-refractivity contribution in [3.05, 3.63) is 28.2 Å². The summed E-state index contributed by atoms with van der Waals surface area (Å²) in [5.41, 5.74) is -0.922. The summed E-state index contributed by atoms with van der Waals surface area (Å²) >= 11 is 11.8. The molecule has 1 aliphatic rings. The van der Waals surface area contributed by atoms with Crippen LogP contribution in [0.5, 0.6) is 5.75 Å². The highest BCUT2D eigenvalue weighted by atomic mass is 35.5. The molecule has 0 amide bonds. The Kier molecular flexibility index (Phi) is 4.38. The van der Waals surface area contributed by atoms with Gasteiger partial charge in [0.1, 0.15) is 18.0 Å². The third kappa shape index (κ3) is 4.32. The van der Waals surface area contributed by atoms with E-state index < -0.39 is 5.60 Å². The molecule has 0 aromatic heterocycles. The molecule has 1 atom stereocenters. The zero-order valence-electron chi connectivity index (χ0n) is 10.2. The van der Waals surface area contributed by atoms with Gasteiger partial charge in [-0.3, -0.25) is 0 Å². The standard InChI is InChI=1S/C13H17Cl2NO2/c1-13(17,7-16-10-3-4-10)8-18-12-6-9(14)2-5-11(12)15/h2,5-6,10,16-17H,3-4,7-8H2,1H3. The third-order valence-electron chi connectivity index (χ3n) is 2.78. The van der Waals surface area contributed by atoms with Crippen molar-refractivity contribution in [3.8, 4) is 5.75 Å². The van der Waals surface area contributed by atoms with Gasteiger partial charge in [0, 0.05) is 23.7 Å². The first-order valence-electron chi connectivity index (χ1n) is 6.00. The second kappa shape index (κ2) is 5.66. The van der Waals surface area contributed by atoms with Crippen molar-refractivity contribution >= 4 is 23.2 Å². The van der Waals surface area contributed by atoms with E-state index in [9.17, 15) is 5.11 Å². The van der Waals surface area contributed by atoms with Crippen molar-refractivity contribution in [1.29, 1.82) is 0 Å². The fraction of sp³-hybridized carbons (Fsp3) is 0.538. The van der Waals surface area contributed by atoms with Gasteiger partial charge in [-0.05, 0) is 31.9 Å². The van der Waals surface area contributed by atoms with Crippen LogP contribution in [0.1, 0.15) is 19.8 Å². The van der Waals surface area contributed by atoms with Crippen molar-refractivity contribution in [2.45, 2.75) is 31.4 Å². The molecule has 1 aromatic carbocycles. The molecular formula is C13H17Cl2NO2. The largest absolute Gasteiger partial charge is 0.489 e. The highest BCUT2D eigenvalue weighted by Gasteiger charge is 2.27. The van der Waals surface area contributed by atoms with Crippen molar-refractivity contribution < 1.29 is 9.84 Å². The van der Waals surface area contributed by atoms with Gasteiger partial charge in [0.15, 0.2) is 0 Å². The molecular weight excluding hydrogens is 273 g/mol. The van der Waals surface area contributed by atoms with Crippen LogP contribution in [0.15, 0.2) is 18.2 Å². The maximum absolute atomic E-state index is 10.1. The highest BCUT2D eigenvalue weighted by molar-refractivity contribution is 6.34.